The lowest BCUT2D eigenvalue weighted by Gasteiger charge is -2.33. The fourth-order valence-electron chi connectivity index (χ4n) is 4.60. The summed E-state index contributed by atoms with van der Waals surface area (Å²) in [5.74, 6) is 1.06. The van der Waals surface area contributed by atoms with Crippen LogP contribution in [0.4, 0.5) is 11.4 Å². The minimum absolute atomic E-state index is 0.00870. The Bertz CT molecular complexity index is 962. The lowest BCUT2D eigenvalue weighted by atomic mass is 9.97. The van der Waals surface area contributed by atoms with Crippen molar-refractivity contribution in [3.05, 3.63) is 59.7 Å². The van der Waals surface area contributed by atoms with Crippen LogP contribution in [0.3, 0.4) is 0 Å². The van der Waals surface area contributed by atoms with Gasteiger partial charge >= 0.3 is 0 Å². The van der Waals surface area contributed by atoms with Crippen molar-refractivity contribution < 1.29 is 9.59 Å². The minimum Gasteiger partial charge on any atom is -0.371 e. The van der Waals surface area contributed by atoms with Gasteiger partial charge in [0.2, 0.25) is 5.91 Å². The van der Waals surface area contributed by atoms with Crippen LogP contribution in [0.2, 0.25) is 0 Å². The summed E-state index contributed by atoms with van der Waals surface area (Å²) >= 11 is 0. The van der Waals surface area contributed by atoms with Crippen molar-refractivity contribution >= 4 is 23.2 Å². The van der Waals surface area contributed by atoms with Crippen molar-refractivity contribution in [2.24, 2.45) is 11.8 Å². The van der Waals surface area contributed by atoms with Gasteiger partial charge in [-0.3, -0.25) is 9.59 Å². The molecule has 2 aliphatic carbocycles. The number of nitrogens with zero attached hydrogens (tertiary/aromatic N) is 1. The van der Waals surface area contributed by atoms with E-state index in [2.05, 4.69) is 34.6 Å². The monoisotopic (exact) mass is 417 g/mol. The van der Waals surface area contributed by atoms with Crippen LogP contribution in [0.15, 0.2) is 48.5 Å². The molecule has 2 aromatic carbocycles. The smallest absolute Gasteiger partial charge is 0.253 e. The lowest BCUT2D eigenvalue weighted by molar-refractivity contribution is -0.117. The number of anilines is 2. The van der Waals surface area contributed by atoms with Crippen molar-refractivity contribution in [2.75, 3.05) is 23.3 Å². The highest BCUT2D eigenvalue weighted by Gasteiger charge is 2.43. The maximum atomic E-state index is 13.0. The summed E-state index contributed by atoms with van der Waals surface area (Å²) in [6, 6.07) is 16.3. The number of amides is 2. The molecule has 1 aliphatic heterocycles. The Labute approximate surface area is 184 Å². The number of benzene rings is 2. The van der Waals surface area contributed by atoms with Gasteiger partial charge in [-0.25, -0.2) is 0 Å². The van der Waals surface area contributed by atoms with Crippen LogP contribution in [0.25, 0.3) is 0 Å². The fourth-order valence-corrected chi connectivity index (χ4v) is 4.60. The summed E-state index contributed by atoms with van der Waals surface area (Å²) in [5.41, 5.74) is 3.59. The second-order valence-corrected chi connectivity index (χ2v) is 9.50. The number of hydrogen-bond acceptors (Lipinski definition) is 3. The van der Waals surface area contributed by atoms with E-state index in [4.69, 9.17) is 0 Å². The van der Waals surface area contributed by atoms with E-state index in [0.717, 1.165) is 56.8 Å². The zero-order valence-electron chi connectivity index (χ0n) is 18.1. The van der Waals surface area contributed by atoms with Crippen molar-refractivity contribution in [2.45, 2.75) is 51.0 Å². The van der Waals surface area contributed by atoms with Gasteiger partial charge in [0.1, 0.15) is 0 Å². The molecule has 0 aromatic heterocycles. The molecular formula is C26H31N3O2. The maximum absolute atomic E-state index is 13.0. The molecule has 1 saturated heterocycles. The second kappa shape index (κ2) is 8.37. The van der Waals surface area contributed by atoms with Crippen molar-refractivity contribution in [3.63, 3.8) is 0 Å². The highest BCUT2D eigenvalue weighted by atomic mass is 16.2. The Kier molecular flexibility index (Phi) is 5.43. The molecule has 162 valence electrons. The molecule has 0 bridgehead atoms. The van der Waals surface area contributed by atoms with Gasteiger partial charge in [-0.05, 0) is 67.7 Å². The molecule has 5 nitrogen and oxygen atoms in total. The Morgan fingerprint density at radius 3 is 2.42 bits per heavy atom. The summed E-state index contributed by atoms with van der Waals surface area (Å²) in [6.07, 6.45) is 5.28. The summed E-state index contributed by atoms with van der Waals surface area (Å²) in [4.78, 5) is 28.1. The van der Waals surface area contributed by atoms with Crippen molar-refractivity contribution in [1.29, 1.82) is 0 Å². The molecule has 2 N–H and O–H groups in total. The predicted molar refractivity (Wildman–Crippen MR) is 123 cm³/mol. The van der Waals surface area contributed by atoms with E-state index >= 15 is 0 Å². The molecule has 2 amide bonds. The highest BCUT2D eigenvalue weighted by Crippen LogP contribution is 2.48. The Morgan fingerprint density at radius 1 is 0.968 bits per heavy atom. The van der Waals surface area contributed by atoms with Crippen molar-refractivity contribution in [3.8, 4) is 0 Å². The van der Waals surface area contributed by atoms with Crippen LogP contribution < -0.4 is 15.5 Å². The fraction of sp³-hybridized carbons (Fsp3) is 0.462. The largest absolute Gasteiger partial charge is 0.371 e. The molecule has 1 heterocycles. The second-order valence-electron chi connectivity index (χ2n) is 9.50. The van der Waals surface area contributed by atoms with Crippen LogP contribution in [-0.4, -0.2) is 30.9 Å². The lowest BCUT2D eigenvalue weighted by Crippen LogP contribution is -2.35. The van der Waals surface area contributed by atoms with E-state index in [1.807, 2.05) is 36.4 Å². The first-order valence-electron chi connectivity index (χ1n) is 11.6. The quantitative estimate of drug-likeness (QED) is 0.724. The molecule has 3 fully saturated rings. The van der Waals surface area contributed by atoms with Gasteiger partial charge in [-0.2, -0.15) is 0 Å². The first-order chi connectivity index (χ1) is 15.1. The zero-order chi connectivity index (χ0) is 21.4. The van der Waals surface area contributed by atoms with E-state index in [-0.39, 0.29) is 17.7 Å². The topological polar surface area (TPSA) is 61.4 Å². The van der Waals surface area contributed by atoms with Crippen LogP contribution >= 0.6 is 0 Å². The molecule has 2 atom stereocenters. The molecular weight excluding hydrogens is 386 g/mol. The number of nitrogens with one attached hydrogen (secondary N) is 2. The molecule has 0 spiro atoms. The predicted octanol–water partition coefficient (Wildman–Crippen LogP) is 4.56. The number of carbonyl (C=O) groups excluding carboxylic acids is 2. The summed E-state index contributed by atoms with van der Waals surface area (Å²) < 4.78 is 0. The SMILES string of the molecule is CC1CCN(c2ccc(NC(=O)[C@@H]3C[C@H]3c3ccccc3)cc2C(=O)NC2CC2)CC1. The molecule has 31 heavy (non-hydrogen) atoms. The van der Waals surface area contributed by atoms with E-state index in [9.17, 15) is 9.59 Å². The number of rotatable bonds is 6. The molecule has 0 radical (unpaired) electrons. The molecule has 3 aliphatic rings. The van der Waals surface area contributed by atoms with E-state index in [1.54, 1.807) is 0 Å². The Morgan fingerprint density at radius 2 is 1.71 bits per heavy atom. The number of carbonyl (C=O) groups is 2. The third-order valence-electron chi connectivity index (χ3n) is 6.90. The summed E-state index contributed by atoms with van der Waals surface area (Å²) in [7, 11) is 0. The highest BCUT2D eigenvalue weighted by molar-refractivity contribution is 6.03. The Hall–Kier alpha value is -2.82. The van der Waals surface area contributed by atoms with Gasteiger partial charge in [0.05, 0.1) is 5.56 Å². The molecule has 0 unspecified atom stereocenters. The van der Waals surface area contributed by atoms with Gasteiger partial charge in [-0.15, -0.1) is 0 Å². The van der Waals surface area contributed by atoms with Gasteiger partial charge in [0, 0.05) is 36.4 Å². The van der Waals surface area contributed by atoms with Gasteiger partial charge < -0.3 is 15.5 Å². The van der Waals surface area contributed by atoms with E-state index in [1.165, 1.54) is 5.56 Å². The zero-order valence-corrected chi connectivity index (χ0v) is 18.1. The first kappa shape index (κ1) is 20.1. The van der Waals surface area contributed by atoms with Crippen LogP contribution in [0, 0.1) is 11.8 Å². The average Bonchev–Trinajstić information content (AvgIpc) is 3.70. The average molecular weight is 418 g/mol. The molecule has 2 saturated carbocycles. The van der Waals surface area contributed by atoms with Gasteiger partial charge in [-0.1, -0.05) is 37.3 Å². The normalized spacial score (nSPS) is 23.3. The summed E-state index contributed by atoms with van der Waals surface area (Å²) in [5, 5.41) is 6.19. The van der Waals surface area contributed by atoms with Gasteiger partial charge in [0.25, 0.3) is 5.91 Å². The van der Waals surface area contributed by atoms with Gasteiger partial charge in [0.15, 0.2) is 0 Å². The Balaban J connectivity index is 1.32. The molecule has 5 heteroatoms. The molecule has 5 rings (SSSR count). The third kappa shape index (κ3) is 4.60. The standard InChI is InChI=1S/C26H31N3O2/c1-17-11-13-29(14-12-17)24-10-9-20(15-23(24)26(31)27-19-7-8-19)28-25(30)22-16-21(22)18-5-3-2-4-6-18/h2-6,9-10,15,17,19,21-22H,7-8,11-14,16H2,1H3,(H,27,31)(H,28,30)/t21-,22+/m0/s1. The summed E-state index contributed by atoms with van der Waals surface area (Å²) in [6.45, 7) is 4.23. The minimum atomic E-state index is -0.0270. The van der Waals surface area contributed by atoms with Crippen LogP contribution in [-0.2, 0) is 4.79 Å². The molecule has 2 aromatic rings. The first-order valence-corrected chi connectivity index (χ1v) is 11.6. The van der Waals surface area contributed by atoms with E-state index < -0.39 is 0 Å². The van der Waals surface area contributed by atoms with E-state index in [0.29, 0.717) is 23.2 Å². The number of piperidine rings is 1. The number of hydrogen-bond donors (Lipinski definition) is 2. The maximum Gasteiger partial charge on any atom is 0.253 e. The van der Waals surface area contributed by atoms with Crippen LogP contribution in [0.5, 0.6) is 0 Å². The van der Waals surface area contributed by atoms with Crippen molar-refractivity contribution in [1.82, 2.24) is 5.32 Å². The van der Waals surface area contributed by atoms with Crippen LogP contribution in [0.1, 0.15) is 60.9 Å². The third-order valence-corrected chi connectivity index (χ3v) is 6.90.